The van der Waals surface area contributed by atoms with Gasteiger partial charge in [0.25, 0.3) is 0 Å². The quantitative estimate of drug-likeness (QED) is 0.938. The van der Waals surface area contributed by atoms with Crippen LogP contribution in [0.4, 0.5) is 0 Å². The van der Waals surface area contributed by atoms with Crippen molar-refractivity contribution in [3.8, 4) is 0 Å². The largest absolute Gasteiger partial charge is 0.381 e. The zero-order valence-electron chi connectivity index (χ0n) is 12.2. The molecule has 1 atom stereocenters. The van der Waals surface area contributed by atoms with Gasteiger partial charge >= 0.3 is 0 Å². The maximum absolute atomic E-state index is 6.67. The van der Waals surface area contributed by atoms with E-state index >= 15 is 0 Å². The van der Waals surface area contributed by atoms with Gasteiger partial charge in [0, 0.05) is 37.1 Å². The normalized spacial score (nSPS) is 19.1. The van der Waals surface area contributed by atoms with Crippen molar-refractivity contribution >= 4 is 0 Å². The van der Waals surface area contributed by atoms with Crippen LogP contribution in [0.15, 0.2) is 54.9 Å². The van der Waals surface area contributed by atoms with Crippen LogP contribution in [-0.2, 0) is 16.6 Å². The molecule has 2 aromatic rings. The molecule has 21 heavy (non-hydrogen) atoms. The summed E-state index contributed by atoms with van der Waals surface area (Å²) in [6.45, 7) is 1.58. The summed E-state index contributed by atoms with van der Waals surface area (Å²) in [5.41, 5.74) is 9.28. The summed E-state index contributed by atoms with van der Waals surface area (Å²) >= 11 is 0. The lowest BCUT2D eigenvalue weighted by Gasteiger charge is -2.42. The average molecular weight is 282 g/mol. The van der Waals surface area contributed by atoms with Crippen molar-refractivity contribution in [3.05, 3.63) is 66.0 Å². The highest BCUT2D eigenvalue weighted by atomic mass is 16.5. The molecule has 0 amide bonds. The fourth-order valence-corrected chi connectivity index (χ4v) is 3.35. The molecule has 0 aliphatic carbocycles. The first-order valence-electron chi connectivity index (χ1n) is 7.59. The van der Waals surface area contributed by atoms with Crippen LogP contribution in [0.3, 0.4) is 0 Å². The van der Waals surface area contributed by atoms with Crippen molar-refractivity contribution in [2.24, 2.45) is 5.73 Å². The van der Waals surface area contributed by atoms with Gasteiger partial charge in [-0.15, -0.1) is 0 Å². The second-order valence-corrected chi connectivity index (χ2v) is 5.80. The Labute approximate surface area is 126 Å². The Hall–Kier alpha value is -1.71. The standard InChI is InChI=1S/C18H22N2O/c19-17(14-15-6-10-20-11-7-15)18(8-12-21-13-9-18)16-4-2-1-3-5-16/h1-7,10-11,17H,8-9,12-14,19H2. The average Bonchev–Trinajstić information content (AvgIpc) is 2.57. The summed E-state index contributed by atoms with van der Waals surface area (Å²) in [7, 11) is 0. The fraction of sp³-hybridized carbons (Fsp3) is 0.389. The highest BCUT2D eigenvalue weighted by Gasteiger charge is 2.39. The third kappa shape index (κ3) is 2.99. The lowest BCUT2D eigenvalue weighted by Crippen LogP contribution is -2.50. The summed E-state index contributed by atoms with van der Waals surface area (Å²) < 4.78 is 5.58. The lowest BCUT2D eigenvalue weighted by molar-refractivity contribution is 0.0400. The molecule has 1 unspecified atom stereocenters. The van der Waals surface area contributed by atoms with Gasteiger partial charge in [-0.25, -0.2) is 0 Å². The number of hydrogen-bond acceptors (Lipinski definition) is 3. The first kappa shape index (κ1) is 14.2. The van der Waals surface area contributed by atoms with E-state index in [-0.39, 0.29) is 11.5 Å². The number of rotatable bonds is 4. The monoisotopic (exact) mass is 282 g/mol. The van der Waals surface area contributed by atoms with Crippen LogP contribution < -0.4 is 5.73 Å². The molecule has 1 aliphatic rings. The summed E-state index contributed by atoms with van der Waals surface area (Å²) in [5.74, 6) is 0. The minimum absolute atomic E-state index is 0.0166. The van der Waals surface area contributed by atoms with Gasteiger partial charge in [0.1, 0.15) is 0 Å². The van der Waals surface area contributed by atoms with Crippen LogP contribution in [0.1, 0.15) is 24.0 Å². The first-order valence-corrected chi connectivity index (χ1v) is 7.59. The van der Waals surface area contributed by atoms with Crippen LogP contribution in [0, 0.1) is 0 Å². The molecule has 0 bridgehead atoms. The lowest BCUT2D eigenvalue weighted by atomic mass is 9.67. The smallest absolute Gasteiger partial charge is 0.0475 e. The summed E-state index contributed by atoms with van der Waals surface area (Å²) in [5, 5.41) is 0. The molecule has 3 heteroatoms. The number of ether oxygens (including phenoxy) is 1. The molecule has 1 aromatic carbocycles. The Morgan fingerprint density at radius 2 is 1.71 bits per heavy atom. The number of aromatic nitrogens is 1. The van der Waals surface area contributed by atoms with E-state index in [0.29, 0.717) is 0 Å². The van der Waals surface area contributed by atoms with Gasteiger partial charge in [-0.1, -0.05) is 30.3 Å². The highest BCUT2D eigenvalue weighted by Crippen LogP contribution is 2.38. The van der Waals surface area contributed by atoms with E-state index in [1.54, 1.807) is 0 Å². The molecule has 3 nitrogen and oxygen atoms in total. The van der Waals surface area contributed by atoms with E-state index in [1.165, 1.54) is 11.1 Å². The molecule has 0 radical (unpaired) electrons. The predicted octanol–water partition coefficient (Wildman–Crippen LogP) is 2.70. The number of nitrogens with zero attached hydrogens (tertiary/aromatic N) is 1. The molecule has 2 N–H and O–H groups in total. The number of pyridine rings is 1. The third-order valence-corrected chi connectivity index (χ3v) is 4.65. The minimum Gasteiger partial charge on any atom is -0.381 e. The Bertz CT molecular complexity index is 550. The first-order chi connectivity index (χ1) is 10.3. The molecule has 2 heterocycles. The van der Waals surface area contributed by atoms with Crippen molar-refractivity contribution in [2.45, 2.75) is 30.7 Å². The van der Waals surface area contributed by atoms with E-state index in [1.807, 2.05) is 12.4 Å². The maximum atomic E-state index is 6.67. The van der Waals surface area contributed by atoms with Crippen molar-refractivity contribution < 1.29 is 4.74 Å². The number of benzene rings is 1. The van der Waals surface area contributed by atoms with Gasteiger partial charge in [-0.2, -0.15) is 0 Å². The molecule has 1 aromatic heterocycles. The minimum atomic E-state index is 0.0166. The molecular formula is C18H22N2O. The van der Waals surface area contributed by atoms with Crippen LogP contribution in [-0.4, -0.2) is 24.2 Å². The summed E-state index contributed by atoms with van der Waals surface area (Å²) in [6, 6.07) is 14.9. The van der Waals surface area contributed by atoms with Crippen molar-refractivity contribution in [1.29, 1.82) is 0 Å². The second-order valence-electron chi connectivity index (χ2n) is 5.80. The topological polar surface area (TPSA) is 48.1 Å². The van der Waals surface area contributed by atoms with Gasteiger partial charge in [0.15, 0.2) is 0 Å². The van der Waals surface area contributed by atoms with Crippen molar-refractivity contribution in [1.82, 2.24) is 4.98 Å². The SMILES string of the molecule is NC(Cc1ccncc1)C1(c2ccccc2)CCOCC1. The zero-order valence-corrected chi connectivity index (χ0v) is 12.2. The molecule has 1 saturated heterocycles. The Morgan fingerprint density at radius 1 is 1.05 bits per heavy atom. The number of nitrogens with two attached hydrogens (primary N) is 1. The van der Waals surface area contributed by atoms with Crippen molar-refractivity contribution in [2.75, 3.05) is 13.2 Å². The van der Waals surface area contributed by atoms with Gasteiger partial charge < -0.3 is 10.5 Å². The number of hydrogen-bond donors (Lipinski definition) is 1. The van der Waals surface area contributed by atoms with Gasteiger partial charge in [-0.3, -0.25) is 4.98 Å². The highest BCUT2D eigenvalue weighted by molar-refractivity contribution is 5.29. The molecule has 3 rings (SSSR count). The zero-order chi connectivity index (χ0) is 14.5. The molecule has 0 spiro atoms. The molecule has 1 fully saturated rings. The summed E-state index contributed by atoms with van der Waals surface area (Å²) in [4.78, 5) is 4.08. The van der Waals surface area contributed by atoms with Crippen LogP contribution in [0.2, 0.25) is 0 Å². The van der Waals surface area contributed by atoms with E-state index < -0.39 is 0 Å². The fourth-order valence-electron chi connectivity index (χ4n) is 3.35. The van der Waals surface area contributed by atoms with E-state index in [4.69, 9.17) is 10.5 Å². The van der Waals surface area contributed by atoms with E-state index in [2.05, 4.69) is 47.4 Å². The maximum Gasteiger partial charge on any atom is 0.0475 e. The van der Waals surface area contributed by atoms with E-state index in [0.717, 1.165) is 32.5 Å². The van der Waals surface area contributed by atoms with Crippen molar-refractivity contribution in [3.63, 3.8) is 0 Å². The van der Waals surface area contributed by atoms with E-state index in [9.17, 15) is 0 Å². The Kier molecular flexibility index (Phi) is 4.32. The van der Waals surface area contributed by atoms with Gasteiger partial charge in [0.05, 0.1) is 0 Å². The molecule has 110 valence electrons. The molecule has 0 saturated carbocycles. The second kappa shape index (κ2) is 6.37. The predicted molar refractivity (Wildman–Crippen MR) is 84.1 cm³/mol. The van der Waals surface area contributed by atoms with Crippen LogP contribution in [0.25, 0.3) is 0 Å². The van der Waals surface area contributed by atoms with Crippen LogP contribution in [0.5, 0.6) is 0 Å². The Balaban J connectivity index is 1.88. The van der Waals surface area contributed by atoms with Gasteiger partial charge in [-0.05, 0) is 42.5 Å². The van der Waals surface area contributed by atoms with Crippen LogP contribution >= 0.6 is 0 Å². The molecular weight excluding hydrogens is 260 g/mol. The summed E-state index contributed by atoms with van der Waals surface area (Å²) in [6.07, 6.45) is 6.52. The molecule has 1 aliphatic heterocycles. The Morgan fingerprint density at radius 3 is 2.38 bits per heavy atom. The van der Waals surface area contributed by atoms with Gasteiger partial charge in [0.2, 0.25) is 0 Å². The third-order valence-electron chi connectivity index (χ3n) is 4.65.